The van der Waals surface area contributed by atoms with E-state index in [1.807, 2.05) is 0 Å². The molecule has 3 aromatic carbocycles. The van der Waals surface area contributed by atoms with Crippen molar-refractivity contribution in [2.75, 3.05) is 5.32 Å². The van der Waals surface area contributed by atoms with Gasteiger partial charge in [-0.05, 0) is 45.8 Å². The van der Waals surface area contributed by atoms with E-state index >= 15 is 0 Å². The van der Waals surface area contributed by atoms with E-state index in [9.17, 15) is 18.8 Å². The summed E-state index contributed by atoms with van der Waals surface area (Å²) in [5.41, 5.74) is 1.90. The molecule has 0 aliphatic heterocycles. The van der Waals surface area contributed by atoms with Crippen molar-refractivity contribution >= 4 is 39.1 Å². The molecular formula is C22H13BrFNO3. The molecule has 0 heterocycles. The minimum Gasteiger partial charge on any atom is -0.326 e. The molecule has 1 aliphatic rings. The van der Waals surface area contributed by atoms with E-state index in [1.54, 1.807) is 42.5 Å². The summed E-state index contributed by atoms with van der Waals surface area (Å²) in [6.07, 6.45) is -0.155. The Labute approximate surface area is 168 Å². The molecule has 0 fully saturated rings. The van der Waals surface area contributed by atoms with Crippen molar-refractivity contribution in [2.45, 2.75) is 6.42 Å². The predicted molar refractivity (Wildman–Crippen MR) is 106 cm³/mol. The minimum absolute atomic E-state index is 0.155. The molecule has 0 spiro atoms. The number of anilines is 1. The number of rotatable bonds is 3. The minimum atomic E-state index is -0.486. The molecule has 0 saturated heterocycles. The predicted octanol–water partition coefficient (Wildman–Crippen LogP) is 4.54. The van der Waals surface area contributed by atoms with Gasteiger partial charge in [-0.25, -0.2) is 4.39 Å². The highest BCUT2D eigenvalue weighted by atomic mass is 79.9. The van der Waals surface area contributed by atoms with Crippen molar-refractivity contribution < 1.29 is 18.8 Å². The maximum atomic E-state index is 14.1. The normalized spacial score (nSPS) is 12.4. The first-order valence-corrected chi connectivity index (χ1v) is 9.30. The largest absolute Gasteiger partial charge is 0.326 e. The topological polar surface area (TPSA) is 63.2 Å². The number of nitrogens with one attached hydrogen (secondary N) is 1. The molecule has 0 atom stereocenters. The van der Waals surface area contributed by atoms with Gasteiger partial charge >= 0.3 is 0 Å². The SMILES string of the molecule is O=C(Cc1cccc(Br)c1F)Nc1ccc2c(c1)C(=O)c1ccccc1C2=O. The molecule has 1 N–H and O–H groups in total. The Bertz CT molecular complexity index is 1160. The van der Waals surface area contributed by atoms with Crippen LogP contribution in [0.25, 0.3) is 0 Å². The first kappa shape index (κ1) is 18.3. The first-order chi connectivity index (χ1) is 13.5. The zero-order valence-electron chi connectivity index (χ0n) is 14.5. The summed E-state index contributed by atoms with van der Waals surface area (Å²) in [7, 11) is 0. The maximum Gasteiger partial charge on any atom is 0.228 e. The summed E-state index contributed by atoms with van der Waals surface area (Å²) in [6.45, 7) is 0. The van der Waals surface area contributed by atoms with Gasteiger partial charge in [-0.3, -0.25) is 14.4 Å². The first-order valence-electron chi connectivity index (χ1n) is 8.51. The fraction of sp³-hybridized carbons (Fsp3) is 0.0455. The van der Waals surface area contributed by atoms with Gasteiger partial charge in [0.25, 0.3) is 0 Å². The summed E-state index contributed by atoms with van der Waals surface area (Å²) in [4.78, 5) is 37.7. The van der Waals surface area contributed by atoms with Gasteiger partial charge in [-0.1, -0.05) is 36.4 Å². The van der Waals surface area contributed by atoms with Gasteiger partial charge in [0.2, 0.25) is 5.91 Å². The average molecular weight is 438 g/mol. The summed E-state index contributed by atoms with van der Waals surface area (Å²) in [5.74, 6) is -1.40. The number of hydrogen-bond donors (Lipinski definition) is 1. The lowest BCUT2D eigenvalue weighted by atomic mass is 9.84. The Morgan fingerprint density at radius 2 is 1.50 bits per heavy atom. The molecule has 1 amide bonds. The van der Waals surface area contributed by atoms with Crippen molar-refractivity contribution in [2.24, 2.45) is 0 Å². The van der Waals surface area contributed by atoms with E-state index in [0.717, 1.165) is 0 Å². The fourth-order valence-corrected chi connectivity index (χ4v) is 3.65. The number of carbonyl (C=O) groups excluding carboxylic acids is 3. The van der Waals surface area contributed by atoms with E-state index in [0.29, 0.717) is 22.4 Å². The van der Waals surface area contributed by atoms with E-state index in [2.05, 4.69) is 21.2 Å². The van der Waals surface area contributed by atoms with Gasteiger partial charge in [0.05, 0.1) is 10.9 Å². The van der Waals surface area contributed by atoms with Gasteiger partial charge in [-0.2, -0.15) is 0 Å². The number of amides is 1. The van der Waals surface area contributed by atoms with E-state index in [1.165, 1.54) is 18.2 Å². The van der Waals surface area contributed by atoms with Gasteiger partial charge in [-0.15, -0.1) is 0 Å². The van der Waals surface area contributed by atoms with Crippen LogP contribution in [0, 0.1) is 5.82 Å². The zero-order valence-corrected chi connectivity index (χ0v) is 16.0. The van der Waals surface area contributed by atoms with E-state index in [-0.39, 0.29) is 33.6 Å². The molecule has 138 valence electrons. The van der Waals surface area contributed by atoms with Crippen molar-refractivity contribution in [1.82, 2.24) is 0 Å². The van der Waals surface area contributed by atoms with Crippen molar-refractivity contribution in [3.8, 4) is 0 Å². The van der Waals surface area contributed by atoms with Crippen molar-refractivity contribution in [1.29, 1.82) is 0 Å². The third-order valence-corrected chi connectivity index (χ3v) is 5.20. The molecule has 4 rings (SSSR count). The zero-order chi connectivity index (χ0) is 19.8. The van der Waals surface area contributed by atoms with Gasteiger partial charge in [0.15, 0.2) is 11.6 Å². The monoisotopic (exact) mass is 437 g/mol. The van der Waals surface area contributed by atoms with Crippen LogP contribution in [-0.2, 0) is 11.2 Å². The second kappa shape index (κ2) is 7.13. The van der Waals surface area contributed by atoms with E-state index < -0.39 is 11.7 Å². The average Bonchev–Trinajstić information content (AvgIpc) is 2.69. The number of benzene rings is 3. The lowest BCUT2D eigenvalue weighted by Crippen LogP contribution is -2.21. The van der Waals surface area contributed by atoms with E-state index in [4.69, 9.17) is 0 Å². The number of halogens is 2. The van der Waals surface area contributed by atoms with Crippen LogP contribution in [0.1, 0.15) is 37.4 Å². The molecule has 0 unspecified atom stereocenters. The fourth-order valence-electron chi connectivity index (χ4n) is 3.24. The lowest BCUT2D eigenvalue weighted by molar-refractivity contribution is -0.115. The third kappa shape index (κ3) is 3.16. The van der Waals surface area contributed by atoms with Crippen LogP contribution in [0.15, 0.2) is 65.1 Å². The summed E-state index contributed by atoms with van der Waals surface area (Å²) in [6, 6.07) is 16.0. The van der Waals surface area contributed by atoms with Crippen LogP contribution in [0.2, 0.25) is 0 Å². The highest BCUT2D eigenvalue weighted by Crippen LogP contribution is 2.29. The summed E-state index contributed by atoms with van der Waals surface area (Å²) in [5, 5.41) is 2.66. The standard InChI is InChI=1S/C22H13BrFNO3/c23-18-7-3-4-12(20(18)24)10-19(26)25-13-8-9-16-17(11-13)22(28)15-6-2-1-5-14(15)21(16)27/h1-9,11H,10H2,(H,25,26). The van der Waals surface area contributed by atoms with Crippen molar-refractivity contribution in [3.05, 3.63) is 98.8 Å². The number of carbonyl (C=O) groups is 3. The third-order valence-electron chi connectivity index (χ3n) is 4.59. The summed E-state index contributed by atoms with van der Waals surface area (Å²) < 4.78 is 14.3. The summed E-state index contributed by atoms with van der Waals surface area (Å²) >= 11 is 3.09. The Hall–Kier alpha value is -3.12. The molecule has 0 aromatic heterocycles. The van der Waals surface area contributed by atoms with Crippen LogP contribution in [0.4, 0.5) is 10.1 Å². The van der Waals surface area contributed by atoms with Crippen molar-refractivity contribution in [3.63, 3.8) is 0 Å². The van der Waals surface area contributed by atoms with Crippen LogP contribution < -0.4 is 5.32 Å². The Morgan fingerprint density at radius 1 is 0.857 bits per heavy atom. The van der Waals surface area contributed by atoms with Gasteiger partial charge in [0, 0.05) is 27.9 Å². The molecule has 0 bridgehead atoms. The Morgan fingerprint density at radius 3 is 2.21 bits per heavy atom. The molecule has 0 radical (unpaired) electrons. The Kier molecular flexibility index (Phi) is 4.65. The van der Waals surface area contributed by atoms with Crippen LogP contribution in [0.5, 0.6) is 0 Å². The second-order valence-electron chi connectivity index (χ2n) is 6.40. The molecule has 6 heteroatoms. The molecular weight excluding hydrogens is 425 g/mol. The maximum absolute atomic E-state index is 14.1. The number of ketones is 2. The number of hydrogen-bond acceptors (Lipinski definition) is 3. The molecule has 1 aliphatic carbocycles. The highest BCUT2D eigenvalue weighted by molar-refractivity contribution is 9.10. The molecule has 4 nitrogen and oxygen atoms in total. The molecule has 3 aromatic rings. The lowest BCUT2D eigenvalue weighted by Gasteiger charge is -2.18. The molecule has 28 heavy (non-hydrogen) atoms. The number of fused-ring (bicyclic) bond motifs is 2. The quantitative estimate of drug-likeness (QED) is 0.511. The van der Waals surface area contributed by atoms with Gasteiger partial charge in [0.1, 0.15) is 5.82 Å². The van der Waals surface area contributed by atoms with Crippen LogP contribution in [0.3, 0.4) is 0 Å². The van der Waals surface area contributed by atoms with Crippen LogP contribution in [-0.4, -0.2) is 17.5 Å². The highest BCUT2D eigenvalue weighted by Gasteiger charge is 2.29. The van der Waals surface area contributed by atoms with Crippen LogP contribution >= 0.6 is 15.9 Å². The second-order valence-corrected chi connectivity index (χ2v) is 7.26. The Balaban J connectivity index is 1.59. The van der Waals surface area contributed by atoms with Gasteiger partial charge < -0.3 is 5.32 Å². The smallest absolute Gasteiger partial charge is 0.228 e. The molecule has 0 saturated carbocycles.